The van der Waals surface area contributed by atoms with Gasteiger partial charge in [0.15, 0.2) is 0 Å². The van der Waals surface area contributed by atoms with E-state index in [-0.39, 0.29) is 12.1 Å². The zero-order valence-corrected chi connectivity index (χ0v) is 10.1. The van der Waals surface area contributed by atoms with Gasteiger partial charge >= 0.3 is 0 Å². The molecular weight excluding hydrogens is 220 g/mol. The molecule has 92 valence electrons. The Balaban J connectivity index is 2.75. The molecular formula is C14H17F2N. The summed E-state index contributed by atoms with van der Waals surface area (Å²) in [5, 5.41) is 3.24. The second kappa shape index (κ2) is 6.36. The van der Waals surface area contributed by atoms with Crippen LogP contribution in [-0.2, 0) is 0 Å². The molecule has 0 aromatic heterocycles. The minimum absolute atomic E-state index is 0.152. The van der Waals surface area contributed by atoms with Crippen molar-refractivity contribution in [1.82, 2.24) is 5.32 Å². The van der Waals surface area contributed by atoms with Gasteiger partial charge in [-0.3, -0.25) is 0 Å². The molecule has 0 fully saturated rings. The second-order valence-corrected chi connectivity index (χ2v) is 4.07. The van der Waals surface area contributed by atoms with Gasteiger partial charge in [-0.2, -0.15) is 0 Å². The van der Waals surface area contributed by atoms with Gasteiger partial charge in [-0.1, -0.05) is 13.0 Å². The van der Waals surface area contributed by atoms with E-state index in [4.69, 9.17) is 6.42 Å². The molecule has 1 nitrogen and oxygen atoms in total. The van der Waals surface area contributed by atoms with Gasteiger partial charge in [0.2, 0.25) is 0 Å². The highest BCUT2D eigenvalue weighted by Crippen LogP contribution is 2.19. The highest BCUT2D eigenvalue weighted by molar-refractivity contribution is 5.21. The third-order valence-corrected chi connectivity index (χ3v) is 2.77. The Labute approximate surface area is 101 Å². The number of rotatable bonds is 5. The lowest BCUT2D eigenvalue weighted by molar-refractivity contribution is 0.435. The lowest BCUT2D eigenvalue weighted by atomic mass is 10.0. The van der Waals surface area contributed by atoms with Crippen molar-refractivity contribution in [1.29, 1.82) is 0 Å². The molecule has 3 heteroatoms. The minimum Gasteiger partial charge on any atom is -0.306 e. The number of benzene rings is 1. The predicted octanol–water partition coefficient (Wildman–Crippen LogP) is 3.42. The summed E-state index contributed by atoms with van der Waals surface area (Å²) < 4.78 is 26.3. The molecule has 1 N–H and O–H groups in total. The Hall–Kier alpha value is -1.40. The molecule has 0 saturated heterocycles. The first kappa shape index (κ1) is 13.7. The topological polar surface area (TPSA) is 12.0 Å². The van der Waals surface area contributed by atoms with Crippen molar-refractivity contribution in [2.75, 3.05) is 0 Å². The first-order valence-electron chi connectivity index (χ1n) is 5.73. The molecule has 0 radical (unpaired) electrons. The van der Waals surface area contributed by atoms with Crippen LogP contribution in [0, 0.1) is 24.0 Å². The minimum atomic E-state index is -0.561. The summed E-state index contributed by atoms with van der Waals surface area (Å²) in [7, 11) is 0. The molecule has 17 heavy (non-hydrogen) atoms. The van der Waals surface area contributed by atoms with E-state index in [0.29, 0.717) is 12.0 Å². The van der Waals surface area contributed by atoms with Crippen LogP contribution in [0.4, 0.5) is 8.78 Å². The molecule has 0 bridgehead atoms. The SMILES string of the molecule is C#CCC(CC)NC(C)c1ccc(F)cc1F. The summed E-state index contributed by atoms with van der Waals surface area (Å²) in [6.45, 7) is 3.86. The highest BCUT2D eigenvalue weighted by atomic mass is 19.1. The average Bonchev–Trinajstić information content (AvgIpc) is 2.28. The summed E-state index contributed by atoms with van der Waals surface area (Å²) in [5.41, 5.74) is 0.460. The lowest BCUT2D eigenvalue weighted by Crippen LogP contribution is -2.31. The molecule has 0 heterocycles. The van der Waals surface area contributed by atoms with Crippen LogP contribution in [0.5, 0.6) is 0 Å². The average molecular weight is 237 g/mol. The number of nitrogens with one attached hydrogen (secondary N) is 1. The van der Waals surface area contributed by atoms with E-state index in [0.717, 1.165) is 12.5 Å². The molecule has 1 aromatic carbocycles. The van der Waals surface area contributed by atoms with Gasteiger partial charge < -0.3 is 5.32 Å². The molecule has 0 aliphatic rings. The van der Waals surface area contributed by atoms with Gasteiger partial charge in [0, 0.05) is 30.1 Å². The van der Waals surface area contributed by atoms with Gasteiger partial charge in [0.1, 0.15) is 11.6 Å². The summed E-state index contributed by atoms with van der Waals surface area (Å²) in [4.78, 5) is 0. The number of hydrogen-bond donors (Lipinski definition) is 1. The largest absolute Gasteiger partial charge is 0.306 e. The maximum absolute atomic E-state index is 13.5. The van der Waals surface area contributed by atoms with Crippen molar-refractivity contribution in [3.63, 3.8) is 0 Å². The fraction of sp³-hybridized carbons (Fsp3) is 0.429. The monoisotopic (exact) mass is 237 g/mol. The third kappa shape index (κ3) is 3.83. The molecule has 0 spiro atoms. The van der Waals surface area contributed by atoms with E-state index in [9.17, 15) is 8.78 Å². The molecule has 1 aromatic rings. The Morgan fingerprint density at radius 3 is 2.65 bits per heavy atom. The molecule has 2 unspecified atom stereocenters. The maximum atomic E-state index is 13.5. The third-order valence-electron chi connectivity index (χ3n) is 2.77. The molecule has 1 rings (SSSR count). The quantitative estimate of drug-likeness (QED) is 0.774. The second-order valence-electron chi connectivity index (χ2n) is 4.07. The van der Waals surface area contributed by atoms with Crippen LogP contribution < -0.4 is 5.32 Å². The first-order chi connectivity index (χ1) is 8.08. The van der Waals surface area contributed by atoms with E-state index in [1.807, 2.05) is 13.8 Å². The van der Waals surface area contributed by atoms with Crippen molar-refractivity contribution in [3.8, 4) is 12.3 Å². The van der Waals surface area contributed by atoms with Gasteiger partial charge in [-0.25, -0.2) is 8.78 Å². The number of halogens is 2. The van der Waals surface area contributed by atoms with Gasteiger partial charge in [0.05, 0.1) is 0 Å². The molecule has 0 amide bonds. The van der Waals surface area contributed by atoms with E-state index in [2.05, 4.69) is 11.2 Å². The first-order valence-corrected chi connectivity index (χ1v) is 5.73. The zero-order chi connectivity index (χ0) is 12.8. The fourth-order valence-corrected chi connectivity index (χ4v) is 1.76. The van der Waals surface area contributed by atoms with E-state index in [1.165, 1.54) is 12.1 Å². The Morgan fingerprint density at radius 1 is 1.41 bits per heavy atom. The lowest BCUT2D eigenvalue weighted by Gasteiger charge is -2.21. The van der Waals surface area contributed by atoms with Crippen LogP contribution in [0.2, 0.25) is 0 Å². The summed E-state index contributed by atoms with van der Waals surface area (Å²) >= 11 is 0. The van der Waals surface area contributed by atoms with Crippen molar-refractivity contribution in [3.05, 3.63) is 35.4 Å². The van der Waals surface area contributed by atoms with E-state index < -0.39 is 11.6 Å². The Kier molecular flexibility index (Phi) is 5.11. The van der Waals surface area contributed by atoms with E-state index >= 15 is 0 Å². The maximum Gasteiger partial charge on any atom is 0.130 e. The molecule has 2 atom stereocenters. The number of hydrogen-bond acceptors (Lipinski definition) is 1. The van der Waals surface area contributed by atoms with Crippen molar-refractivity contribution < 1.29 is 8.78 Å². The van der Waals surface area contributed by atoms with Crippen LogP contribution in [0.3, 0.4) is 0 Å². The van der Waals surface area contributed by atoms with Gasteiger partial charge in [-0.05, 0) is 19.4 Å². The fourth-order valence-electron chi connectivity index (χ4n) is 1.76. The standard InChI is InChI=1S/C14H17F2N/c1-4-6-12(5-2)17-10(3)13-8-7-11(15)9-14(13)16/h1,7-10,12,17H,5-6H2,2-3H3. The highest BCUT2D eigenvalue weighted by Gasteiger charge is 2.14. The van der Waals surface area contributed by atoms with Crippen LogP contribution in [-0.4, -0.2) is 6.04 Å². The molecule has 0 saturated carbocycles. The van der Waals surface area contributed by atoms with Crippen molar-refractivity contribution in [2.45, 2.75) is 38.8 Å². The van der Waals surface area contributed by atoms with Crippen LogP contribution in [0.15, 0.2) is 18.2 Å². The summed E-state index contributed by atoms with van der Waals surface area (Å²) in [6.07, 6.45) is 6.73. The van der Waals surface area contributed by atoms with Crippen molar-refractivity contribution in [2.24, 2.45) is 0 Å². The van der Waals surface area contributed by atoms with Gasteiger partial charge in [-0.15, -0.1) is 12.3 Å². The summed E-state index contributed by atoms with van der Waals surface area (Å²) in [6, 6.07) is 3.59. The number of terminal acetylenes is 1. The van der Waals surface area contributed by atoms with Crippen molar-refractivity contribution >= 4 is 0 Å². The normalized spacial score (nSPS) is 14.1. The zero-order valence-electron chi connectivity index (χ0n) is 10.1. The molecule has 0 aliphatic heterocycles. The predicted molar refractivity (Wildman–Crippen MR) is 65.4 cm³/mol. The van der Waals surface area contributed by atoms with Gasteiger partial charge in [0.25, 0.3) is 0 Å². The Morgan fingerprint density at radius 2 is 2.12 bits per heavy atom. The summed E-state index contributed by atoms with van der Waals surface area (Å²) in [5.74, 6) is 1.49. The van der Waals surface area contributed by atoms with Crippen LogP contribution in [0.25, 0.3) is 0 Å². The van der Waals surface area contributed by atoms with E-state index in [1.54, 1.807) is 0 Å². The van der Waals surface area contributed by atoms with Crippen LogP contribution in [0.1, 0.15) is 38.3 Å². The smallest absolute Gasteiger partial charge is 0.130 e. The van der Waals surface area contributed by atoms with Crippen LogP contribution >= 0.6 is 0 Å². The Bertz CT molecular complexity index is 409. The molecule has 0 aliphatic carbocycles.